The zero-order chi connectivity index (χ0) is 22.7. The molecule has 2 N–H and O–H groups in total. The Labute approximate surface area is 187 Å². The predicted octanol–water partition coefficient (Wildman–Crippen LogP) is 3.62. The number of carbonyl (C=O) groups excluding carboxylic acids is 2. The second-order valence-electron chi connectivity index (χ2n) is 7.18. The molecule has 2 heterocycles. The van der Waals surface area contributed by atoms with Gasteiger partial charge in [0.25, 0.3) is 11.6 Å². The Kier molecular flexibility index (Phi) is 6.77. The molecule has 31 heavy (non-hydrogen) atoms. The largest absolute Gasteiger partial charge is 0.349 e. The maximum Gasteiger partial charge on any atom is 0.270 e. The van der Waals surface area contributed by atoms with Crippen LogP contribution in [0.2, 0.25) is 10.0 Å². The number of benzene rings is 1. The molecule has 162 valence electrons. The average molecular weight is 464 g/mol. The fraction of sp³-hybridized carbons (Fsp3) is 0.250. The maximum absolute atomic E-state index is 12.7. The van der Waals surface area contributed by atoms with Crippen LogP contribution in [0.25, 0.3) is 5.65 Å². The summed E-state index contributed by atoms with van der Waals surface area (Å²) in [5.41, 5.74) is 1.13. The lowest BCUT2D eigenvalue weighted by Crippen LogP contribution is -2.49. The van der Waals surface area contributed by atoms with Crippen LogP contribution in [0, 0.1) is 16.0 Å². The highest BCUT2D eigenvalue weighted by molar-refractivity contribution is 6.34. The molecule has 0 spiro atoms. The van der Waals surface area contributed by atoms with Gasteiger partial charge in [0.2, 0.25) is 5.91 Å². The predicted molar refractivity (Wildman–Crippen MR) is 116 cm³/mol. The fourth-order valence-electron chi connectivity index (χ4n) is 2.95. The van der Waals surface area contributed by atoms with Gasteiger partial charge in [0, 0.05) is 24.5 Å². The molecular weight excluding hydrogens is 445 g/mol. The second-order valence-corrected chi connectivity index (χ2v) is 8.02. The van der Waals surface area contributed by atoms with Crippen molar-refractivity contribution in [3.63, 3.8) is 0 Å². The van der Waals surface area contributed by atoms with E-state index in [1.807, 2.05) is 0 Å². The molecule has 1 unspecified atom stereocenters. The first-order valence-corrected chi connectivity index (χ1v) is 10.1. The van der Waals surface area contributed by atoms with Crippen LogP contribution >= 0.6 is 23.2 Å². The molecule has 0 fully saturated rings. The van der Waals surface area contributed by atoms with E-state index in [0.717, 1.165) is 6.07 Å². The minimum Gasteiger partial charge on any atom is -0.349 e. The molecule has 2 amide bonds. The number of nitro groups is 1. The zero-order valence-electron chi connectivity index (χ0n) is 16.6. The summed E-state index contributed by atoms with van der Waals surface area (Å²) >= 11 is 12.0. The summed E-state index contributed by atoms with van der Waals surface area (Å²) in [6.07, 6.45) is 3.46. The van der Waals surface area contributed by atoms with Crippen LogP contribution in [0.3, 0.4) is 0 Å². The molecule has 1 aromatic carbocycles. The first kappa shape index (κ1) is 22.5. The smallest absolute Gasteiger partial charge is 0.270 e. The van der Waals surface area contributed by atoms with Crippen molar-refractivity contribution in [1.29, 1.82) is 0 Å². The first-order valence-electron chi connectivity index (χ1n) is 9.31. The Morgan fingerprint density at radius 2 is 1.94 bits per heavy atom. The highest BCUT2D eigenvalue weighted by atomic mass is 35.5. The summed E-state index contributed by atoms with van der Waals surface area (Å²) < 4.78 is 1.75. The quantitative estimate of drug-likeness (QED) is 0.409. The highest BCUT2D eigenvalue weighted by Crippen LogP contribution is 2.22. The molecule has 0 aliphatic rings. The van der Waals surface area contributed by atoms with Gasteiger partial charge in [0.05, 0.1) is 32.8 Å². The van der Waals surface area contributed by atoms with E-state index >= 15 is 0 Å². The van der Waals surface area contributed by atoms with Gasteiger partial charge in [-0.2, -0.15) is 0 Å². The Morgan fingerprint density at radius 3 is 2.58 bits per heavy atom. The van der Waals surface area contributed by atoms with Crippen molar-refractivity contribution in [2.75, 3.05) is 0 Å². The van der Waals surface area contributed by atoms with Gasteiger partial charge in [0.15, 0.2) is 0 Å². The Bertz CT molecular complexity index is 1160. The topological polar surface area (TPSA) is 119 Å². The molecule has 0 aliphatic heterocycles. The fourth-order valence-corrected chi connectivity index (χ4v) is 3.37. The van der Waals surface area contributed by atoms with E-state index in [0.29, 0.717) is 16.4 Å². The van der Waals surface area contributed by atoms with E-state index in [4.69, 9.17) is 23.2 Å². The Morgan fingerprint density at radius 1 is 1.19 bits per heavy atom. The van der Waals surface area contributed by atoms with Crippen LogP contribution in [0.1, 0.15) is 29.9 Å². The summed E-state index contributed by atoms with van der Waals surface area (Å²) in [7, 11) is 0. The van der Waals surface area contributed by atoms with Gasteiger partial charge in [0.1, 0.15) is 11.7 Å². The van der Waals surface area contributed by atoms with Crippen LogP contribution in [0.4, 0.5) is 5.69 Å². The van der Waals surface area contributed by atoms with E-state index in [-0.39, 0.29) is 28.7 Å². The molecule has 3 rings (SSSR count). The molecule has 9 nitrogen and oxygen atoms in total. The minimum absolute atomic E-state index is 0.0444. The van der Waals surface area contributed by atoms with Gasteiger partial charge in [-0.3, -0.25) is 19.7 Å². The summed E-state index contributed by atoms with van der Waals surface area (Å²) in [5, 5.41) is 16.7. The number of aromatic nitrogens is 2. The number of carbonyl (C=O) groups is 2. The van der Waals surface area contributed by atoms with Crippen LogP contribution in [0.15, 0.2) is 42.7 Å². The van der Waals surface area contributed by atoms with Gasteiger partial charge in [-0.05, 0) is 24.1 Å². The molecule has 2 aromatic heterocycles. The minimum atomic E-state index is -0.842. The molecular formula is C20H19Cl2N5O4. The number of fused-ring (bicyclic) bond motifs is 1. The number of imidazole rings is 1. The Hall–Kier alpha value is -3.17. The van der Waals surface area contributed by atoms with Crippen molar-refractivity contribution in [2.45, 2.75) is 26.4 Å². The lowest BCUT2D eigenvalue weighted by atomic mass is 10.0. The van der Waals surface area contributed by atoms with Crippen molar-refractivity contribution in [3.05, 3.63) is 74.1 Å². The summed E-state index contributed by atoms with van der Waals surface area (Å²) in [5.74, 6) is -1.21. The number of rotatable bonds is 7. The summed E-state index contributed by atoms with van der Waals surface area (Å²) in [4.78, 5) is 40.0. The first-order chi connectivity index (χ1) is 14.7. The lowest BCUT2D eigenvalue weighted by Gasteiger charge is -2.21. The molecule has 0 aliphatic carbocycles. The number of non-ortho nitro benzene ring substituents is 1. The van der Waals surface area contributed by atoms with E-state index < -0.39 is 22.8 Å². The third-order valence-corrected chi connectivity index (χ3v) is 5.09. The van der Waals surface area contributed by atoms with Gasteiger partial charge in [-0.25, -0.2) is 4.98 Å². The van der Waals surface area contributed by atoms with E-state index in [9.17, 15) is 19.7 Å². The molecule has 1 atom stereocenters. The number of halogens is 2. The number of hydrogen-bond donors (Lipinski definition) is 2. The summed E-state index contributed by atoms with van der Waals surface area (Å²) in [6, 6.07) is 6.17. The van der Waals surface area contributed by atoms with E-state index in [2.05, 4.69) is 15.6 Å². The van der Waals surface area contributed by atoms with Crippen LogP contribution in [-0.4, -0.2) is 32.2 Å². The van der Waals surface area contributed by atoms with Gasteiger partial charge >= 0.3 is 0 Å². The van der Waals surface area contributed by atoms with Crippen molar-refractivity contribution in [3.8, 4) is 0 Å². The standard InChI is InChI=1S/C20H19Cl2N5O4/c1-11(2)18(25-19(28)15-5-4-14(27(30)31)7-16(15)22)20(29)23-8-13-10-26-9-12(21)3-6-17(26)24-13/h3-7,9-11,18H,8H2,1-2H3,(H,23,29)(H,25,28). The number of nitro benzene ring substituents is 1. The number of amides is 2. The van der Waals surface area contributed by atoms with E-state index in [1.165, 1.54) is 12.1 Å². The normalized spacial score (nSPS) is 12.0. The lowest BCUT2D eigenvalue weighted by molar-refractivity contribution is -0.384. The van der Waals surface area contributed by atoms with Crippen LogP contribution in [-0.2, 0) is 11.3 Å². The molecule has 0 radical (unpaired) electrons. The second kappa shape index (κ2) is 9.32. The van der Waals surface area contributed by atoms with Gasteiger partial charge < -0.3 is 15.0 Å². The maximum atomic E-state index is 12.7. The van der Waals surface area contributed by atoms with Crippen LogP contribution in [0.5, 0.6) is 0 Å². The average Bonchev–Trinajstić information content (AvgIpc) is 3.11. The van der Waals surface area contributed by atoms with Crippen molar-refractivity contribution < 1.29 is 14.5 Å². The highest BCUT2D eigenvalue weighted by Gasteiger charge is 2.26. The molecule has 11 heteroatoms. The number of nitrogens with one attached hydrogen (secondary N) is 2. The molecule has 0 bridgehead atoms. The molecule has 3 aromatic rings. The monoisotopic (exact) mass is 463 g/mol. The zero-order valence-corrected chi connectivity index (χ0v) is 18.1. The number of pyridine rings is 1. The van der Waals surface area contributed by atoms with Crippen molar-refractivity contribution >= 4 is 46.4 Å². The van der Waals surface area contributed by atoms with Crippen molar-refractivity contribution in [1.82, 2.24) is 20.0 Å². The van der Waals surface area contributed by atoms with Gasteiger partial charge in [-0.15, -0.1) is 0 Å². The van der Waals surface area contributed by atoms with Crippen LogP contribution < -0.4 is 10.6 Å². The number of hydrogen-bond acceptors (Lipinski definition) is 5. The molecule has 0 saturated carbocycles. The third kappa shape index (κ3) is 5.31. The van der Waals surface area contributed by atoms with Gasteiger partial charge in [-0.1, -0.05) is 37.0 Å². The van der Waals surface area contributed by atoms with E-state index in [1.54, 1.807) is 42.8 Å². The SMILES string of the molecule is CC(C)C(NC(=O)c1ccc([N+](=O)[O-])cc1Cl)C(=O)NCc1cn2cc(Cl)ccc2n1. The number of nitrogens with zero attached hydrogens (tertiary/aromatic N) is 3. The van der Waals surface area contributed by atoms with Crippen molar-refractivity contribution in [2.24, 2.45) is 5.92 Å². The Balaban J connectivity index is 1.68. The third-order valence-electron chi connectivity index (χ3n) is 4.55. The molecule has 0 saturated heterocycles. The summed E-state index contributed by atoms with van der Waals surface area (Å²) in [6.45, 7) is 3.74.